The Morgan fingerprint density at radius 1 is 0.750 bits per heavy atom. The Balaban J connectivity index is 1.17. The Bertz CT molecular complexity index is 370. The van der Waals surface area contributed by atoms with E-state index < -0.39 is 0 Å². The van der Waals surface area contributed by atoms with Gasteiger partial charge in [0, 0.05) is 18.1 Å². The molecule has 5 fully saturated rings. The first-order valence-corrected chi connectivity index (χ1v) is 9.38. The summed E-state index contributed by atoms with van der Waals surface area (Å²) in [6, 6.07) is 2.73. The third-order valence-corrected chi connectivity index (χ3v) is 7.47. The molecule has 2 heteroatoms. The SMILES string of the molecule is C1CC2C3CC(NC4CCN(C5CC5)CC4)C(C3)C2C1. The quantitative estimate of drug-likeness (QED) is 0.851. The smallest absolute Gasteiger partial charge is 0.0103 e. The van der Waals surface area contributed by atoms with Gasteiger partial charge in [0.15, 0.2) is 0 Å². The highest BCUT2D eigenvalue weighted by atomic mass is 15.2. The number of fused-ring (bicyclic) bond motifs is 5. The molecule has 1 saturated heterocycles. The van der Waals surface area contributed by atoms with E-state index in [2.05, 4.69) is 10.2 Å². The summed E-state index contributed by atoms with van der Waals surface area (Å²) < 4.78 is 0. The highest BCUT2D eigenvalue weighted by Gasteiger charge is 2.53. The van der Waals surface area contributed by atoms with Crippen LogP contribution in [0.15, 0.2) is 0 Å². The molecule has 1 N–H and O–H groups in total. The number of nitrogens with one attached hydrogen (secondary N) is 1. The van der Waals surface area contributed by atoms with Crippen LogP contribution in [0.1, 0.15) is 57.8 Å². The molecule has 1 aliphatic heterocycles. The van der Waals surface area contributed by atoms with Crippen LogP contribution in [0.3, 0.4) is 0 Å². The molecule has 5 rings (SSSR count). The molecule has 1 heterocycles. The van der Waals surface area contributed by atoms with E-state index in [1.54, 1.807) is 19.3 Å². The predicted octanol–water partition coefficient (Wildman–Crippen LogP) is 3.03. The van der Waals surface area contributed by atoms with Gasteiger partial charge in [-0.25, -0.2) is 0 Å². The lowest BCUT2D eigenvalue weighted by Gasteiger charge is -2.38. The zero-order valence-electron chi connectivity index (χ0n) is 12.8. The summed E-state index contributed by atoms with van der Waals surface area (Å²) in [6.07, 6.45) is 13.6. The molecule has 0 amide bonds. The van der Waals surface area contributed by atoms with Crippen LogP contribution < -0.4 is 5.32 Å². The van der Waals surface area contributed by atoms with Crippen molar-refractivity contribution in [3.63, 3.8) is 0 Å². The van der Waals surface area contributed by atoms with Crippen LogP contribution in [0.25, 0.3) is 0 Å². The van der Waals surface area contributed by atoms with Crippen LogP contribution in [0.4, 0.5) is 0 Å². The van der Waals surface area contributed by atoms with Gasteiger partial charge in [-0.1, -0.05) is 6.42 Å². The zero-order chi connectivity index (χ0) is 13.1. The molecule has 0 aromatic carbocycles. The number of rotatable bonds is 3. The lowest BCUT2D eigenvalue weighted by Crippen LogP contribution is -2.49. The monoisotopic (exact) mass is 274 g/mol. The van der Waals surface area contributed by atoms with Crippen LogP contribution in [-0.2, 0) is 0 Å². The summed E-state index contributed by atoms with van der Waals surface area (Å²) in [7, 11) is 0. The maximum Gasteiger partial charge on any atom is 0.0103 e. The molecule has 0 spiro atoms. The van der Waals surface area contributed by atoms with Crippen LogP contribution in [0.5, 0.6) is 0 Å². The molecule has 0 aromatic heterocycles. The van der Waals surface area contributed by atoms with Gasteiger partial charge < -0.3 is 10.2 Å². The fourth-order valence-electron chi connectivity index (χ4n) is 6.43. The van der Waals surface area contributed by atoms with E-state index in [-0.39, 0.29) is 0 Å². The summed E-state index contributed by atoms with van der Waals surface area (Å²) >= 11 is 0. The number of piperidine rings is 1. The van der Waals surface area contributed by atoms with E-state index in [0.717, 1.165) is 41.8 Å². The average molecular weight is 274 g/mol. The van der Waals surface area contributed by atoms with Gasteiger partial charge >= 0.3 is 0 Å². The first-order chi connectivity index (χ1) is 9.88. The average Bonchev–Trinajstić information content (AvgIpc) is 2.93. The van der Waals surface area contributed by atoms with Crippen LogP contribution in [0, 0.1) is 23.7 Å². The Labute approximate surface area is 123 Å². The zero-order valence-corrected chi connectivity index (χ0v) is 12.8. The fourth-order valence-corrected chi connectivity index (χ4v) is 6.43. The number of hydrogen-bond donors (Lipinski definition) is 1. The number of nitrogens with zero attached hydrogens (tertiary/aromatic N) is 1. The highest BCUT2D eigenvalue weighted by molar-refractivity contribution is 5.06. The summed E-state index contributed by atoms with van der Waals surface area (Å²) in [5.74, 6) is 4.44. The van der Waals surface area contributed by atoms with E-state index in [9.17, 15) is 0 Å². The molecule has 0 aromatic rings. The van der Waals surface area contributed by atoms with Gasteiger partial charge in [0.05, 0.1) is 0 Å². The van der Waals surface area contributed by atoms with Gasteiger partial charge in [0.25, 0.3) is 0 Å². The second-order valence-corrected chi connectivity index (χ2v) is 8.47. The molecule has 0 radical (unpaired) electrons. The van der Waals surface area contributed by atoms with Crippen molar-refractivity contribution in [2.75, 3.05) is 13.1 Å². The molecule has 20 heavy (non-hydrogen) atoms. The van der Waals surface area contributed by atoms with Gasteiger partial charge in [-0.3, -0.25) is 0 Å². The number of likely N-dealkylation sites (tertiary alicyclic amines) is 1. The van der Waals surface area contributed by atoms with Crippen LogP contribution >= 0.6 is 0 Å². The molecular weight excluding hydrogens is 244 g/mol. The van der Waals surface area contributed by atoms with Crippen molar-refractivity contribution in [3.05, 3.63) is 0 Å². The van der Waals surface area contributed by atoms with E-state index in [1.165, 1.54) is 51.6 Å². The van der Waals surface area contributed by atoms with Gasteiger partial charge in [-0.15, -0.1) is 0 Å². The van der Waals surface area contributed by atoms with Crippen molar-refractivity contribution < 1.29 is 0 Å². The van der Waals surface area contributed by atoms with E-state index in [0.29, 0.717) is 0 Å². The van der Waals surface area contributed by atoms with Crippen molar-refractivity contribution in [1.82, 2.24) is 10.2 Å². The minimum absolute atomic E-state index is 0.842. The summed E-state index contributed by atoms with van der Waals surface area (Å²) in [4.78, 5) is 2.76. The molecule has 2 nitrogen and oxygen atoms in total. The minimum atomic E-state index is 0.842. The predicted molar refractivity (Wildman–Crippen MR) is 81.6 cm³/mol. The van der Waals surface area contributed by atoms with Crippen LogP contribution in [0.2, 0.25) is 0 Å². The molecular formula is C18H30N2. The van der Waals surface area contributed by atoms with Gasteiger partial charge in [0.1, 0.15) is 0 Å². The van der Waals surface area contributed by atoms with E-state index in [1.807, 2.05) is 0 Å². The van der Waals surface area contributed by atoms with Gasteiger partial charge in [-0.05, 0) is 88.1 Å². The van der Waals surface area contributed by atoms with Crippen molar-refractivity contribution in [1.29, 1.82) is 0 Å². The molecule has 5 atom stereocenters. The first kappa shape index (κ1) is 12.5. The van der Waals surface area contributed by atoms with Gasteiger partial charge in [0.2, 0.25) is 0 Å². The molecule has 2 bridgehead atoms. The third kappa shape index (κ3) is 1.98. The molecule has 4 saturated carbocycles. The second-order valence-electron chi connectivity index (χ2n) is 8.47. The fraction of sp³-hybridized carbons (Fsp3) is 1.00. The van der Waals surface area contributed by atoms with Crippen molar-refractivity contribution in [2.24, 2.45) is 23.7 Å². The topological polar surface area (TPSA) is 15.3 Å². The summed E-state index contributed by atoms with van der Waals surface area (Å²) in [5.41, 5.74) is 0. The molecule has 4 aliphatic carbocycles. The third-order valence-electron chi connectivity index (χ3n) is 7.47. The largest absolute Gasteiger partial charge is 0.311 e. The lowest BCUT2D eigenvalue weighted by atomic mass is 9.78. The minimum Gasteiger partial charge on any atom is -0.311 e. The van der Waals surface area contributed by atoms with Gasteiger partial charge in [-0.2, -0.15) is 0 Å². The standard InChI is InChI=1S/C18H30N2/c1-2-15-12-10-17(16(15)3-1)18(11-12)19-13-6-8-20(9-7-13)14-4-5-14/h12-19H,1-11H2. The molecule has 5 aliphatic rings. The molecule has 5 unspecified atom stereocenters. The maximum atomic E-state index is 4.12. The van der Waals surface area contributed by atoms with Crippen LogP contribution in [-0.4, -0.2) is 36.1 Å². The Morgan fingerprint density at radius 3 is 2.35 bits per heavy atom. The van der Waals surface area contributed by atoms with Crippen molar-refractivity contribution in [2.45, 2.75) is 75.9 Å². The second kappa shape index (κ2) is 4.71. The molecule has 112 valence electrons. The highest BCUT2D eigenvalue weighted by Crippen LogP contribution is 2.58. The van der Waals surface area contributed by atoms with E-state index >= 15 is 0 Å². The normalized spacial score (nSPS) is 48.9. The summed E-state index contributed by atoms with van der Waals surface area (Å²) in [6.45, 7) is 2.74. The Morgan fingerprint density at radius 2 is 1.55 bits per heavy atom. The summed E-state index contributed by atoms with van der Waals surface area (Å²) in [5, 5.41) is 4.12. The van der Waals surface area contributed by atoms with Crippen molar-refractivity contribution in [3.8, 4) is 0 Å². The van der Waals surface area contributed by atoms with Crippen molar-refractivity contribution >= 4 is 0 Å². The van der Waals surface area contributed by atoms with E-state index in [4.69, 9.17) is 0 Å². The Hall–Kier alpha value is -0.0800. The maximum absolute atomic E-state index is 4.12. The first-order valence-electron chi connectivity index (χ1n) is 9.38. The lowest BCUT2D eigenvalue weighted by molar-refractivity contribution is 0.153. The number of hydrogen-bond acceptors (Lipinski definition) is 2. The Kier molecular flexibility index (Phi) is 2.93.